The van der Waals surface area contributed by atoms with Gasteiger partial charge in [0.15, 0.2) is 0 Å². The summed E-state index contributed by atoms with van der Waals surface area (Å²) in [6.45, 7) is 2.63. The molecule has 168 valence electrons. The van der Waals surface area contributed by atoms with Crippen LogP contribution in [0.5, 0.6) is 0 Å². The summed E-state index contributed by atoms with van der Waals surface area (Å²) in [4.78, 5) is 7.48. The zero-order valence-corrected chi connectivity index (χ0v) is 19.8. The number of piperidine rings is 1. The molecule has 0 N–H and O–H groups in total. The van der Waals surface area contributed by atoms with Crippen molar-refractivity contribution in [1.82, 2.24) is 5.06 Å². The lowest BCUT2D eigenvalue weighted by atomic mass is 9.89. The van der Waals surface area contributed by atoms with Gasteiger partial charge in [0.25, 0.3) is 0 Å². The number of aryl methyl sites for hydroxylation is 1. The van der Waals surface area contributed by atoms with Crippen molar-refractivity contribution in [3.8, 4) is 0 Å². The second-order valence-corrected chi connectivity index (χ2v) is 9.98. The molecule has 1 fully saturated rings. The Morgan fingerprint density at radius 2 is 1.42 bits per heavy atom. The zero-order chi connectivity index (χ0) is 22.3. The van der Waals surface area contributed by atoms with Crippen LogP contribution in [-0.2, 0) is 17.9 Å². The predicted molar refractivity (Wildman–Crippen MR) is 140 cm³/mol. The van der Waals surface area contributed by atoms with Gasteiger partial charge in [-0.15, -0.1) is 11.8 Å². The number of fused-ring (bicyclic) bond motifs is 1. The summed E-state index contributed by atoms with van der Waals surface area (Å²) >= 11 is 1.93. The molecule has 33 heavy (non-hydrogen) atoms. The van der Waals surface area contributed by atoms with Gasteiger partial charge in [-0.3, -0.25) is 4.84 Å². The summed E-state index contributed by atoms with van der Waals surface area (Å²) < 4.78 is 0. The maximum atomic E-state index is 6.13. The maximum absolute atomic E-state index is 6.13. The molecule has 0 aliphatic carbocycles. The van der Waals surface area contributed by atoms with Crippen molar-refractivity contribution in [2.45, 2.75) is 36.7 Å². The molecule has 1 aliphatic rings. The van der Waals surface area contributed by atoms with Gasteiger partial charge in [-0.25, -0.2) is 0 Å². The van der Waals surface area contributed by atoms with Gasteiger partial charge in [-0.05, 0) is 70.8 Å². The molecule has 3 heteroatoms. The fourth-order valence-corrected chi connectivity index (χ4v) is 5.50. The highest BCUT2D eigenvalue weighted by Crippen LogP contribution is 2.29. The molecule has 0 amide bonds. The molecule has 0 unspecified atom stereocenters. The number of rotatable bonds is 8. The van der Waals surface area contributed by atoms with Crippen LogP contribution in [0.3, 0.4) is 0 Å². The van der Waals surface area contributed by atoms with Gasteiger partial charge in [-0.2, -0.15) is 5.06 Å². The quantitative estimate of drug-likeness (QED) is 0.257. The first-order chi connectivity index (χ1) is 16.3. The first-order valence-electron chi connectivity index (χ1n) is 12.0. The van der Waals surface area contributed by atoms with Crippen molar-refractivity contribution in [2.24, 2.45) is 0 Å². The van der Waals surface area contributed by atoms with Crippen molar-refractivity contribution >= 4 is 22.5 Å². The zero-order valence-electron chi connectivity index (χ0n) is 19.0. The van der Waals surface area contributed by atoms with Crippen molar-refractivity contribution in [2.75, 3.05) is 18.8 Å². The normalized spacial score (nSPS) is 15.2. The predicted octanol–water partition coefficient (Wildman–Crippen LogP) is 7.49. The van der Waals surface area contributed by atoms with E-state index in [0.29, 0.717) is 12.5 Å². The Hall–Kier alpha value is -2.59. The standard InChI is InChI=1S/C30H31NOS/c1-2-8-30(9-3-1)33-21-18-24-10-13-27(14-11-24)28-16-19-31(20-17-28)32-23-25-12-15-26-6-4-5-7-29(26)22-25/h1-15,22,28H,16-21,23H2. The van der Waals surface area contributed by atoms with Crippen molar-refractivity contribution in [3.63, 3.8) is 0 Å². The van der Waals surface area contributed by atoms with Crippen LogP contribution in [0, 0.1) is 0 Å². The monoisotopic (exact) mass is 453 g/mol. The number of hydroxylamine groups is 2. The topological polar surface area (TPSA) is 12.5 Å². The Balaban J connectivity index is 1.06. The minimum Gasteiger partial charge on any atom is -0.294 e. The maximum Gasteiger partial charge on any atom is 0.0936 e. The van der Waals surface area contributed by atoms with Crippen molar-refractivity contribution in [3.05, 3.63) is 114 Å². The Kier molecular flexibility index (Phi) is 7.42. The largest absolute Gasteiger partial charge is 0.294 e. The molecule has 1 saturated heterocycles. The summed E-state index contributed by atoms with van der Waals surface area (Å²) in [6, 6.07) is 35.1. The third-order valence-corrected chi connectivity index (χ3v) is 7.55. The van der Waals surface area contributed by atoms with Crippen molar-refractivity contribution in [1.29, 1.82) is 0 Å². The van der Waals surface area contributed by atoms with Gasteiger partial charge in [0.2, 0.25) is 0 Å². The average Bonchev–Trinajstić information content (AvgIpc) is 2.89. The SMILES string of the molecule is c1ccc(SCCc2ccc(C3CCN(OCc4ccc5ccccc5c4)CC3)cc2)cc1. The fraction of sp³-hybridized carbons (Fsp3) is 0.267. The van der Waals surface area contributed by atoms with Gasteiger partial charge >= 0.3 is 0 Å². The lowest BCUT2D eigenvalue weighted by Crippen LogP contribution is -2.32. The highest BCUT2D eigenvalue weighted by Gasteiger charge is 2.21. The first kappa shape index (κ1) is 22.2. The molecule has 1 aliphatic heterocycles. The van der Waals surface area contributed by atoms with Crippen LogP contribution in [0.4, 0.5) is 0 Å². The summed E-state index contributed by atoms with van der Waals surface area (Å²) in [5.74, 6) is 1.76. The van der Waals surface area contributed by atoms with E-state index >= 15 is 0 Å². The number of hydrogen-bond acceptors (Lipinski definition) is 3. The highest BCUT2D eigenvalue weighted by atomic mass is 32.2. The second-order valence-electron chi connectivity index (χ2n) is 8.81. The Bertz CT molecular complexity index is 1150. The average molecular weight is 454 g/mol. The lowest BCUT2D eigenvalue weighted by molar-refractivity contribution is -0.180. The van der Waals surface area contributed by atoms with E-state index in [9.17, 15) is 0 Å². The Labute approximate surface area is 201 Å². The van der Waals surface area contributed by atoms with Crippen LogP contribution in [0.15, 0.2) is 102 Å². The highest BCUT2D eigenvalue weighted by molar-refractivity contribution is 7.99. The van der Waals surface area contributed by atoms with E-state index in [0.717, 1.165) is 38.1 Å². The minimum atomic E-state index is 0.637. The van der Waals surface area contributed by atoms with E-state index < -0.39 is 0 Å². The van der Waals surface area contributed by atoms with Gasteiger partial charge in [0.1, 0.15) is 0 Å². The molecule has 0 spiro atoms. The molecule has 0 radical (unpaired) electrons. The first-order valence-corrected chi connectivity index (χ1v) is 12.9. The molecule has 0 aromatic heterocycles. The van der Waals surface area contributed by atoms with Gasteiger partial charge in [0, 0.05) is 23.7 Å². The third kappa shape index (κ3) is 6.05. The summed E-state index contributed by atoms with van der Waals surface area (Å²) in [6.07, 6.45) is 3.42. The van der Waals surface area contributed by atoms with E-state index in [1.54, 1.807) is 0 Å². The number of thioether (sulfide) groups is 1. The molecule has 0 atom stereocenters. The number of nitrogens with zero attached hydrogens (tertiary/aromatic N) is 1. The number of benzene rings is 4. The molecule has 4 aromatic carbocycles. The van der Waals surface area contributed by atoms with E-state index in [4.69, 9.17) is 4.84 Å². The molecule has 1 heterocycles. The van der Waals surface area contributed by atoms with Crippen molar-refractivity contribution < 1.29 is 4.84 Å². The third-order valence-electron chi connectivity index (χ3n) is 6.54. The van der Waals surface area contributed by atoms with Gasteiger partial charge in [0.05, 0.1) is 6.61 Å². The fourth-order valence-electron chi connectivity index (χ4n) is 4.57. The van der Waals surface area contributed by atoms with Crippen LogP contribution in [-0.4, -0.2) is 23.9 Å². The van der Waals surface area contributed by atoms with Crippen LogP contribution in [0.25, 0.3) is 10.8 Å². The van der Waals surface area contributed by atoms with Crippen LogP contribution in [0.1, 0.15) is 35.4 Å². The van der Waals surface area contributed by atoms with Crippen LogP contribution >= 0.6 is 11.8 Å². The molecular weight excluding hydrogens is 422 g/mol. The van der Waals surface area contributed by atoms with E-state index in [1.165, 1.54) is 32.4 Å². The molecule has 2 nitrogen and oxygen atoms in total. The second kappa shape index (κ2) is 11.0. The lowest BCUT2D eigenvalue weighted by Gasteiger charge is -2.31. The summed E-state index contributed by atoms with van der Waals surface area (Å²) in [5, 5.41) is 4.71. The smallest absolute Gasteiger partial charge is 0.0936 e. The molecule has 4 aromatic rings. The van der Waals surface area contributed by atoms with E-state index in [-0.39, 0.29) is 0 Å². The van der Waals surface area contributed by atoms with Gasteiger partial charge < -0.3 is 0 Å². The minimum absolute atomic E-state index is 0.637. The Morgan fingerprint density at radius 1 is 0.727 bits per heavy atom. The van der Waals surface area contributed by atoms with Crippen LogP contribution in [0.2, 0.25) is 0 Å². The van der Waals surface area contributed by atoms with E-state index in [2.05, 4.69) is 102 Å². The molecule has 0 bridgehead atoms. The summed E-state index contributed by atoms with van der Waals surface area (Å²) in [7, 11) is 0. The molecule has 0 saturated carbocycles. The molecular formula is C30H31NOS. The number of hydrogen-bond donors (Lipinski definition) is 0. The molecule has 5 rings (SSSR count). The summed E-state index contributed by atoms with van der Waals surface area (Å²) in [5.41, 5.74) is 4.14. The van der Waals surface area contributed by atoms with Crippen LogP contribution < -0.4 is 0 Å². The van der Waals surface area contributed by atoms with E-state index in [1.807, 2.05) is 11.8 Å². The Morgan fingerprint density at radius 3 is 2.21 bits per heavy atom. The van der Waals surface area contributed by atoms with Gasteiger partial charge in [-0.1, -0.05) is 78.9 Å².